The predicted octanol–water partition coefficient (Wildman–Crippen LogP) is 7.09. The van der Waals surface area contributed by atoms with Crippen molar-refractivity contribution in [3.05, 3.63) is 80.7 Å². The number of hydrogen-bond acceptors (Lipinski definition) is 0. The van der Waals surface area contributed by atoms with Gasteiger partial charge in [0.15, 0.2) is 0 Å². The molecule has 4 aromatic carbocycles. The molecule has 23 heavy (non-hydrogen) atoms. The molecule has 5 rings (SSSR count). The van der Waals surface area contributed by atoms with Crippen LogP contribution in [0.5, 0.6) is 0 Å². The summed E-state index contributed by atoms with van der Waals surface area (Å²) in [6.45, 7) is 0. The van der Waals surface area contributed by atoms with E-state index >= 15 is 0 Å². The van der Waals surface area contributed by atoms with Crippen LogP contribution in [0, 0.1) is 0 Å². The van der Waals surface area contributed by atoms with Crippen molar-refractivity contribution in [1.29, 1.82) is 0 Å². The smallest absolute Gasteiger partial charge is 0.0256 e. The maximum absolute atomic E-state index is 3.77. The Balaban J connectivity index is 2.06. The van der Waals surface area contributed by atoms with E-state index in [1.54, 1.807) is 0 Å². The van der Waals surface area contributed by atoms with Crippen LogP contribution < -0.4 is 0 Å². The van der Waals surface area contributed by atoms with Crippen LogP contribution in [-0.4, -0.2) is 0 Å². The van der Waals surface area contributed by atoms with Gasteiger partial charge in [-0.15, -0.1) is 0 Å². The molecule has 0 aliphatic heterocycles. The Morgan fingerprint density at radius 3 is 2.26 bits per heavy atom. The molecule has 0 amide bonds. The third kappa shape index (κ3) is 1.88. The van der Waals surface area contributed by atoms with Gasteiger partial charge in [-0.25, -0.2) is 0 Å². The average Bonchev–Trinajstić information content (AvgIpc) is 2.55. The number of benzene rings is 4. The fourth-order valence-electron chi connectivity index (χ4n) is 3.89. The van der Waals surface area contributed by atoms with E-state index in [1.165, 1.54) is 52.7 Å². The molecule has 0 saturated heterocycles. The first-order valence-corrected chi connectivity index (χ1v) is 9.23. The molecule has 0 aromatic heterocycles. The molecule has 0 unspecified atom stereocenters. The van der Waals surface area contributed by atoms with Crippen LogP contribution in [0.2, 0.25) is 0 Å². The van der Waals surface area contributed by atoms with Gasteiger partial charge < -0.3 is 0 Å². The van der Waals surface area contributed by atoms with Gasteiger partial charge in [0.1, 0.15) is 0 Å². The molecule has 0 saturated carbocycles. The van der Waals surface area contributed by atoms with Gasteiger partial charge in [-0.2, -0.15) is 0 Å². The van der Waals surface area contributed by atoms with E-state index in [2.05, 4.69) is 92.5 Å². The Morgan fingerprint density at radius 2 is 1.39 bits per heavy atom. The summed E-state index contributed by atoms with van der Waals surface area (Å²) in [4.78, 5) is 0. The van der Waals surface area contributed by atoms with Crippen molar-refractivity contribution in [1.82, 2.24) is 0 Å². The summed E-state index contributed by atoms with van der Waals surface area (Å²) < 4.78 is 2.36. The van der Waals surface area contributed by atoms with E-state index in [9.17, 15) is 0 Å². The SMILES string of the molecule is Brc1cccc2c1-c1cccc3cc4cccc(Br)c4c(c13)C2. The second-order valence-corrected chi connectivity index (χ2v) is 7.76. The molecule has 4 aromatic rings. The van der Waals surface area contributed by atoms with Crippen LogP contribution in [-0.2, 0) is 6.42 Å². The van der Waals surface area contributed by atoms with Crippen molar-refractivity contribution < 1.29 is 0 Å². The van der Waals surface area contributed by atoms with Gasteiger partial charge in [0.05, 0.1) is 0 Å². The number of hydrogen-bond donors (Lipinski definition) is 0. The molecule has 0 radical (unpaired) electrons. The highest BCUT2D eigenvalue weighted by atomic mass is 79.9. The first-order chi connectivity index (χ1) is 11.2. The Bertz CT molecular complexity index is 1110. The molecule has 0 nitrogen and oxygen atoms in total. The molecule has 2 heteroatoms. The minimum absolute atomic E-state index is 0.974. The lowest BCUT2D eigenvalue weighted by Crippen LogP contribution is -2.03. The molecule has 0 bridgehead atoms. The van der Waals surface area contributed by atoms with E-state index in [-0.39, 0.29) is 0 Å². The largest absolute Gasteiger partial charge is 0.0610 e. The molecule has 0 fully saturated rings. The van der Waals surface area contributed by atoms with Crippen LogP contribution in [0.15, 0.2) is 69.6 Å². The van der Waals surface area contributed by atoms with Crippen LogP contribution >= 0.6 is 31.9 Å². The molecule has 0 atom stereocenters. The lowest BCUT2D eigenvalue weighted by Gasteiger charge is -2.24. The molecule has 0 N–H and O–H groups in total. The molecular weight excluding hydrogens is 412 g/mol. The summed E-state index contributed by atoms with van der Waals surface area (Å²) in [6, 6.07) is 21.9. The highest BCUT2D eigenvalue weighted by molar-refractivity contribution is 9.11. The number of fused-ring (bicyclic) bond motifs is 4. The monoisotopic (exact) mass is 422 g/mol. The summed E-state index contributed by atoms with van der Waals surface area (Å²) in [5.74, 6) is 0. The normalized spacial score (nSPS) is 12.6. The third-order valence-corrected chi connectivity index (χ3v) is 6.12. The van der Waals surface area contributed by atoms with Crippen LogP contribution in [0.4, 0.5) is 0 Å². The fraction of sp³-hybridized carbons (Fsp3) is 0.0476. The van der Waals surface area contributed by atoms with Gasteiger partial charge in [0.2, 0.25) is 0 Å². The first-order valence-electron chi connectivity index (χ1n) is 7.64. The highest BCUT2D eigenvalue weighted by Crippen LogP contribution is 2.46. The van der Waals surface area contributed by atoms with Gasteiger partial charge >= 0.3 is 0 Å². The average molecular weight is 424 g/mol. The molecule has 110 valence electrons. The summed E-state index contributed by atoms with van der Waals surface area (Å²) >= 11 is 7.52. The van der Waals surface area contributed by atoms with E-state index in [4.69, 9.17) is 0 Å². The van der Waals surface area contributed by atoms with Crippen LogP contribution in [0.3, 0.4) is 0 Å². The van der Waals surface area contributed by atoms with E-state index < -0.39 is 0 Å². The summed E-state index contributed by atoms with van der Waals surface area (Å²) in [5.41, 5.74) is 5.51. The summed E-state index contributed by atoms with van der Waals surface area (Å²) in [6.07, 6.45) is 0.974. The topological polar surface area (TPSA) is 0 Å². The standard InChI is InChI=1S/C21H12Br2/c22-17-8-3-6-14-11-16-19-12(4-1-7-15(19)20(14)17)10-13-5-2-9-18(23)21(13)16/h1-10H,11H2. The second kappa shape index (κ2) is 4.93. The first kappa shape index (κ1) is 13.8. The molecule has 1 aliphatic rings. The van der Waals surface area contributed by atoms with Crippen LogP contribution in [0.25, 0.3) is 32.7 Å². The van der Waals surface area contributed by atoms with Crippen molar-refractivity contribution in [2.45, 2.75) is 6.42 Å². The van der Waals surface area contributed by atoms with Crippen LogP contribution in [0.1, 0.15) is 11.1 Å². The van der Waals surface area contributed by atoms with Gasteiger partial charge in [0, 0.05) is 19.9 Å². The van der Waals surface area contributed by atoms with Crippen molar-refractivity contribution in [2.24, 2.45) is 0 Å². The van der Waals surface area contributed by atoms with E-state index in [0.717, 1.165) is 6.42 Å². The Labute approximate surface area is 151 Å². The Hall–Kier alpha value is -1.64. The quantitative estimate of drug-likeness (QED) is 0.233. The number of rotatable bonds is 0. The maximum atomic E-state index is 3.77. The zero-order valence-electron chi connectivity index (χ0n) is 12.2. The summed E-state index contributed by atoms with van der Waals surface area (Å²) in [7, 11) is 0. The minimum atomic E-state index is 0.974. The zero-order chi connectivity index (χ0) is 15.6. The Kier molecular flexibility index (Phi) is 2.95. The maximum Gasteiger partial charge on any atom is 0.0256 e. The van der Waals surface area contributed by atoms with Gasteiger partial charge in [-0.05, 0) is 57.5 Å². The molecule has 0 heterocycles. The zero-order valence-corrected chi connectivity index (χ0v) is 15.4. The van der Waals surface area contributed by atoms with E-state index in [0.29, 0.717) is 0 Å². The third-order valence-electron chi connectivity index (χ3n) is 4.79. The van der Waals surface area contributed by atoms with Gasteiger partial charge in [-0.3, -0.25) is 0 Å². The predicted molar refractivity (Wildman–Crippen MR) is 105 cm³/mol. The Morgan fingerprint density at radius 1 is 0.696 bits per heavy atom. The highest BCUT2D eigenvalue weighted by Gasteiger charge is 2.22. The number of halogens is 2. The fourth-order valence-corrected chi connectivity index (χ4v) is 5.13. The van der Waals surface area contributed by atoms with Crippen molar-refractivity contribution in [2.75, 3.05) is 0 Å². The molecular formula is C21H12Br2. The minimum Gasteiger partial charge on any atom is -0.0610 e. The van der Waals surface area contributed by atoms with Gasteiger partial charge in [0.25, 0.3) is 0 Å². The van der Waals surface area contributed by atoms with E-state index in [1.807, 2.05) is 0 Å². The second-order valence-electron chi connectivity index (χ2n) is 6.05. The van der Waals surface area contributed by atoms with Crippen molar-refractivity contribution in [3.63, 3.8) is 0 Å². The lowest BCUT2D eigenvalue weighted by molar-refractivity contribution is 1.21. The molecule has 1 aliphatic carbocycles. The lowest BCUT2D eigenvalue weighted by atomic mass is 9.81. The molecule has 0 spiro atoms. The van der Waals surface area contributed by atoms with Crippen molar-refractivity contribution >= 4 is 53.4 Å². The van der Waals surface area contributed by atoms with Crippen molar-refractivity contribution in [3.8, 4) is 11.1 Å². The van der Waals surface area contributed by atoms with Gasteiger partial charge in [-0.1, -0.05) is 74.3 Å². The summed E-state index contributed by atoms with van der Waals surface area (Å²) in [5, 5.41) is 5.37.